The lowest BCUT2D eigenvalue weighted by atomic mass is 10.3. The van der Waals surface area contributed by atoms with E-state index in [2.05, 4.69) is 20.6 Å². The van der Waals surface area contributed by atoms with Crippen LogP contribution in [-0.2, 0) is 6.18 Å². The van der Waals surface area contributed by atoms with Crippen LogP contribution in [0.1, 0.15) is 12.6 Å². The molecule has 0 atom stereocenters. The smallest absolute Gasteiger partial charge is 0.364 e. The Hall–Kier alpha value is -1.67. The van der Waals surface area contributed by atoms with Gasteiger partial charge in [0.15, 0.2) is 5.69 Å². The van der Waals surface area contributed by atoms with Crippen molar-refractivity contribution in [2.24, 2.45) is 0 Å². The summed E-state index contributed by atoms with van der Waals surface area (Å²) in [7, 11) is 0. The molecule has 0 bridgehead atoms. The van der Waals surface area contributed by atoms with E-state index < -0.39 is 24.8 Å². The van der Waals surface area contributed by atoms with Crippen molar-refractivity contribution in [2.75, 3.05) is 23.7 Å². The second kappa shape index (κ2) is 5.78. The molecule has 0 aliphatic rings. The molecule has 0 unspecified atom stereocenters. The van der Waals surface area contributed by atoms with E-state index in [0.717, 1.165) is 0 Å². The van der Waals surface area contributed by atoms with Gasteiger partial charge in [0.25, 0.3) is 6.43 Å². The van der Waals surface area contributed by atoms with Crippen LogP contribution in [0.15, 0.2) is 6.07 Å². The maximum atomic E-state index is 12.5. The van der Waals surface area contributed by atoms with Gasteiger partial charge in [-0.05, 0) is 6.92 Å². The van der Waals surface area contributed by atoms with Crippen molar-refractivity contribution in [1.82, 2.24) is 9.97 Å². The number of alkyl halides is 5. The van der Waals surface area contributed by atoms with E-state index in [1.165, 1.54) is 0 Å². The molecule has 0 saturated heterocycles. The SMILES string of the molecule is CCNc1nc(NCC(F)F)cc(C(F)(F)F)n1. The summed E-state index contributed by atoms with van der Waals surface area (Å²) in [6, 6.07) is 0.587. The fourth-order valence-corrected chi connectivity index (χ4v) is 1.10. The van der Waals surface area contributed by atoms with Crippen molar-refractivity contribution in [1.29, 1.82) is 0 Å². The molecule has 1 aromatic rings. The van der Waals surface area contributed by atoms with Crippen LogP contribution in [0.5, 0.6) is 0 Å². The molecule has 102 valence electrons. The summed E-state index contributed by atoms with van der Waals surface area (Å²) in [5.41, 5.74) is -1.19. The quantitative estimate of drug-likeness (QED) is 0.807. The highest BCUT2D eigenvalue weighted by Gasteiger charge is 2.33. The Morgan fingerprint density at radius 3 is 2.39 bits per heavy atom. The van der Waals surface area contributed by atoms with E-state index in [1.807, 2.05) is 0 Å². The molecule has 0 saturated carbocycles. The lowest BCUT2D eigenvalue weighted by Gasteiger charge is -2.11. The Morgan fingerprint density at radius 1 is 1.22 bits per heavy atom. The van der Waals surface area contributed by atoms with E-state index >= 15 is 0 Å². The fourth-order valence-electron chi connectivity index (χ4n) is 1.10. The molecule has 1 heterocycles. The van der Waals surface area contributed by atoms with Crippen molar-refractivity contribution in [3.05, 3.63) is 11.8 Å². The second-order valence-corrected chi connectivity index (χ2v) is 3.26. The van der Waals surface area contributed by atoms with Crippen molar-refractivity contribution in [3.63, 3.8) is 0 Å². The van der Waals surface area contributed by atoms with Crippen LogP contribution in [0.4, 0.5) is 33.7 Å². The molecule has 2 N–H and O–H groups in total. The molecule has 18 heavy (non-hydrogen) atoms. The molecule has 9 heteroatoms. The maximum absolute atomic E-state index is 12.5. The monoisotopic (exact) mass is 270 g/mol. The van der Waals surface area contributed by atoms with Gasteiger partial charge in [0.2, 0.25) is 5.95 Å². The van der Waals surface area contributed by atoms with Gasteiger partial charge < -0.3 is 10.6 Å². The Kier molecular flexibility index (Phi) is 4.62. The van der Waals surface area contributed by atoms with E-state index in [0.29, 0.717) is 12.6 Å². The van der Waals surface area contributed by atoms with Crippen LogP contribution >= 0.6 is 0 Å². The predicted molar refractivity (Wildman–Crippen MR) is 55.7 cm³/mol. The first-order chi connectivity index (χ1) is 8.32. The van der Waals surface area contributed by atoms with Crippen LogP contribution in [0, 0.1) is 0 Å². The van der Waals surface area contributed by atoms with E-state index in [-0.39, 0.29) is 11.8 Å². The third-order valence-corrected chi connectivity index (χ3v) is 1.79. The van der Waals surface area contributed by atoms with Crippen LogP contribution in [0.25, 0.3) is 0 Å². The van der Waals surface area contributed by atoms with Gasteiger partial charge in [-0.3, -0.25) is 0 Å². The minimum atomic E-state index is -4.66. The van der Waals surface area contributed by atoms with Crippen molar-refractivity contribution in [3.8, 4) is 0 Å². The maximum Gasteiger partial charge on any atom is 0.433 e. The summed E-state index contributed by atoms with van der Waals surface area (Å²) in [6.45, 7) is 1.19. The highest BCUT2D eigenvalue weighted by atomic mass is 19.4. The standard InChI is InChI=1S/C9H11F5N4/c1-2-15-8-17-5(9(12,13)14)3-7(18-8)16-4-6(10)11/h3,6H,2,4H2,1H3,(H2,15,16,17,18). The zero-order chi connectivity index (χ0) is 13.8. The first-order valence-electron chi connectivity index (χ1n) is 5.05. The van der Waals surface area contributed by atoms with E-state index in [4.69, 9.17) is 0 Å². The van der Waals surface area contributed by atoms with Crippen molar-refractivity contribution >= 4 is 11.8 Å². The number of aromatic nitrogens is 2. The van der Waals surface area contributed by atoms with Gasteiger partial charge in [0.05, 0.1) is 6.54 Å². The lowest BCUT2D eigenvalue weighted by molar-refractivity contribution is -0.141. The first-order valence-corrected chi connectivity index (χ1v) is 5.05. The van der Waals surface area contributed by atoms with Crippen molar-refractivity contribution < 1.29 is 22.0 Å². The summed E-state index contributed by atoms with van der Waals surface area (Å²) in [5, 5.41) is 4.61. The highest BCUT2D eigenvalue weighted by Crippen LogP contribution is 2.29. The topological polar surface area (TPSA) is 49.8 Å². The molecular weight excluding hydrogens is 259 g/mol. The van der Waals surface area contributed by atoms with Crippen LogP contribution in [0.2, 0.25) is 0 Å². The Labute approximate surface area is 99.6 Å². The first kappa shape index (κ1) is 14.4. The van der Waals surface area contributed by atoms with E-state index in [1.54, 1.807) is 6.92 Å². The van der Waals surface area contributed by atoms with Gasteiger partial charge in [-0.2, -0.15) is 18.2 Å². The van der Waals surface area contributed by atoms with E-state index in [9.17, 15) is 22.0 Å². The largest absolute Gasteiger partial charge is 0.433 e. The number of nitrogens with one attached hydrogen (secondary N) is 2. The number of nitrogens with zero attached hydrogens (tertiary/aromatic N) is 2. The zero-order valence-corrected chi connectivity index (χ0v) is 9.35. The highest BCUT2D eigenvalue weighted by molar-refractivity contribution is 5.43. The molecule has 0 fully saturated rings. The average molecular weight is 270 g/mol. The lowest BCUT2D eigenvalue weighted by Crippen LogP contribution is -2.16. The summed E-state index contributed by atoms with van der Waals surface area (Å²) in [5.74, 6) is -0.558. The van der Waals surface area contributed by atoms with Crippen LogP contribution < -0.4 is 10.6 Å². The number of hydrogen-bond acceptors (Lipinski definition) is 4. The summed E-state index contributed by atoms with van der Waals surface area (Å²) >= 11 is 0. The molecule has 0 radical (unpaired) electrons. The summed E-state index contributed by atoms with van der Waals surface area (Å²) < 4.78 is 61.4. The Balaban J connectivity index is 2.98. The minimum absolute atomic E-state index is 0.260. The molecule has 4 nitrogen and oxygen atoms in total. The van der Waals surface area contributed by atoms with Gasteiger partial charge in [0.1, 0.15) is 5.82 Å². The summed E-state index contributed by atoms with van der Waals surface area (Å²) in [4.78, 5) is 6.89. The van der Waals surface area contributed by atoms with Gasteiger partial charge in [-0.1, -0.05) is 0 Å². The molecule has 0 aliphatic carbocycles. The number of halogens is 5. The number of hydrogen-bond donors (Lipinski definition) is 2. The van der Waals surface area contributed by atoms with Crippen LogP contribution in [0.3, 0.4) is 0 Å². The molecule has 0 aliphatic heterocycles. The minimum Gasteiger partial charge on any atom is -0.364 e. The molecule has 0 spiro atoms. The normalized spacial score (nSPS) is 11.7. The number of anilines is 2. The third-order valence-electron chi connectivity index (χ3n) is 1.79. The van der Waals surface area contributed by atoms with Crippen LogP contribution in [-0.4, -0.2) is 29.5 Å². The van der Waals surface area contributed by atoms with Gasteiger partial charge >= 0.3 is 6.18 Å². The predicted octanol–water partition coefficient (Wildman–Crippen LogP) is 2.60. The molecule has 1 rings (SSSR count). The third kappa shape index (κ3) is 4.30. The second-order valence-electron chi connectivity index (χ2n) is 3.26. The molecule has 1 aromatic heterocycles. The molecule has 0 amide bonds. The Morgan fingerprint density at radius 2 is 1.89 bits per heavy atom. The molecule has 0 aromatic carbocycles. The van der Waals surface area contributed by atoms with Gasteiger partial charge in [-0.25, -0.2) is 13.8 Å². The summed E-state index contributed by atoms with van der Waals surface area (Å²) in [6.07, 6.45) is -7.34. The fraction of sp³-hybridized carbons (Fsp3) is 0.556. The van der Waals surface area contributed by atoms with Crippen molar-refractivity contribution in [2.45, 2.75) is 19.5 Å². The number of rotatable bonds is 5. The Bertz CT molecular complexity index is 393. The zero-order valence-electron chi connectivity index (χ0n) is 9.35. The average Bonchev–Trinajstić information content (AvgIpc) is 2.25. The molecular formula is C9H11F5N4. The van der Waals surface area contributed by atoms with Gasteiger partial charge in [0, 0.05) is 12.6 Å². The van der Waals surface area contributed by atoms with Gasteiger partial charge in [-0.15, -0.1) is 0 Å².